The maximum atomic E-state index is 6.27. The smallest absolute Gasteiger partial charge is 0.168 e. The number of ether oxygens (including phenoxy) is 1. The maximum absolute atomic E-state index is 6.27. The summed E-state index contributed by atoms with van der Waals surface area (Å²) in [5, 5.41) is 47.3. The van der Waals surface area contributed by atoms with Gasteiger partial charge >= 0.3 is 0 Å². The molecule has 6 aromatic heterocycles. The fraction of sp³-hybridized carbons (Fsp3) is 0.221. The molecule has 0 aliphatic carbocycles. The van der Waals surface area contributed by atoms with Gasteiger partial charge in [-0.3, -0.25) is 27.8 Å². The van der Waals surface area contributed by atoms with Gasteiger partial charge in [-0.15, -0.1) is 51.0 Å². The summed E-state index contributed by atoms with van der Waals surface area (Å²) >= 11 is 31.0. The number of rotatable bonds is 10. The molecule has 108 heavy (non-hydrogen) atoms. The summed E-state index contributed by atoms with van der Waals surface area (Å²) in [6, 6.07) is 52.0. The molecule has 7 aromatic carbocycles. The molecule has 0 atom stereocenters. The van der Waals surface area contributed by atoms with Gasteiger partial charge in [0.05, 0.1) is 35.5 Å². The lowest BCUT2D eigenvalue weighted by Crippen LogP contribution is -2.05. The molecule has 18 rings (SSSR count). The van der Waals surface area contributed by atoms with Crippen molar-refractivity contribution in [3.8, 4) is 68.4 Å². The van der Waals surface area contributed by atoms with Crippen LogP contribution in [0.3, 0.4) is 0 Å². The van der Waals surface area contributed by atoms with Crippen LogP contribution in [0.4, 0.5) is 0 Å². The maximum Gasteiger partial charge on any atom is 0.168 e. The summed E-state index contributed by atoms with van der Waals surface area (Å²) in [5.41, 5.74) is 20.9. The molecule has 13 aromatic rings. The van der Waals surface area contributed by atoms with Crippen molar-refractivity contribution in [3.05, 3.63) is 294 Å². The number of benzene rings is 7. The summed E-state index contributed by atoms with van der Waals surface area (Å²) in [6.07, 6.45) is 24.3. The van der Waals surface area contributed by atoms with Crippen molar-refractivity contribution in [1.29, 1.82) is 0 Å². The third-order valence-electron chi connectivity index (χ3n) is 19.8. The van der Waals surface area contributed by atoms with Crippen molar-refractivity contribution in [2.24, 2.45) is 0 Å². The lowest BCUT2D eigenvalue weighted by molar-refractivity contribution is 0.415. The van der Waals surface area contributed by atoms with Crippen LogP contribution in [0.2, 0.25) is 25.1 Å². The zero-order valence-electron chi connectivity index (χ0n) is 61.3. The topological polar surface area (TPSA) is 176 Å². The van der Waals surface area contributed by atoms with E-state index in [1.807, 2.05) is 140 Å². The molecule has 0 amide bonds. The van der Waals surface area contributed by atoms with Crippen molar-refractivity contribution >= 4 is 85.9 Å². The lowest BCUT2D eigenvalue weighted by Gasteiger charge is -2.14. The largest absolute Gasteiger partial charge is 0.497 e. The predicted molar refractivity (Wildman–Crippen MR) is 436 cm³/mol. The van der Waals surface area contributed by atoms with Gasteiger partial charge in [0.25, 0.3) is 0 Å². The number of methoxy groups -OCH3 is 1. The summed E-state index contributed by atoms with van der Waals surface area (Å²) < 4.78 is 16.0. The number of fused-ring (bicyclic) bond motifs is 15. The number of aromatic nitrogens is 16. The Labute approximate surface area is 653 Å². The van der Waals surface area contributed by atoms with Crippen LogP contribution in [-0.4, -0.2) is 85.9 Å². The Kier molecular flexibility index (Phi) is 22.8. The standard InChI is InChI=1S/C20H18ClN3O.C19H16ClN3.C18H15ClN4.C15H16ClN3.C14H14ClN3/c1-3-13-7-10-19-22-23-20(14-5-4-6-16(11-14)25-2)24(19)18-9-8-15(21)12-17(13)18;1-2-13-8-11-18-21-22-19(14-6-4-3-5-7-14)23(18)17-10-9-15(20)12-16(13)17;1-2-12-3-6-17-21-22-18(13-7-9-20-10-8-13)23(17)16-5-4-14(19)11-15(12)16;1-3-10-5-8-15-18-17-14(4-2)19(15)13-7-6-11(16)9-12(10)13;1-3-10-4-7-14-17-16-9(2)18(14)13-6-5-11(15)8-12(10)13/h4-9,11-12H,3,10H2,1-2H3;3-10,12H,2,11H2,1H3;3-5,7-11H,2,6H2,1H3;5-7,9H,3-4,8H2,1-2H3;4-6,8H,3,7H2,1-2H3. The van der Waals surface area contributed by atoms with E-state index in [2.05, 4.69) is 175 Å². The van der Waals surface area contributed by atoms with E-state index in [9.17, 15) is 0 Å². The highest BCUT2D eigenvalue weighted by atomic mass is 35.5. The minimum Gasteiger partial charge on any atom is -0.497 e. The van der Waals surface area contributed by atoms with Crippen molar-refractivity contribution in [3.63, 3.8) is 0 Å². The fourth-order valence-corrected chi connectivity index (χ4v) is 15.3. The molecule has 0 unspecified atom stereocenters. The third kappa shape index (κ3) is 15.2. The van der Waals surface area contributed by atoms with E-state index >= 15 is 0 Å². The molecule has 0 bridgehead atoms. The molecule has 17 nitrogen and oxygen atoms in total. The summed E-state index contributed by atoms with van der Waals surface area (Å²) in [4.78, 5) is 4.08. The van der Waals surface area contributed by atoms with E-state index < -0.39 is 0 Å². The minimum atomic E-state index is 0.734. The minimum absolute atomic E-state index is 0.734. The molecule has 22 heteroatoms. The van der Waals surface area contributed by atoms with Crippen LogP contribution >= 0.6 is 58.0 Å². The van der Waals surface area contributed by atoms with E-state index in [4.69, 9.17) is 62.7 Å². The number of aryl methyl sites for hydroxylation is 2. The first kappa shape index (κ1) is 74.2. The molecule has 5 aliphatic heterocycles. The number of hydrogen-bond acceptors (Lipinski definition) is 12. The van der Waals surface area contributed by atoms with Crippen LogP contribution in [0.1, 0.15) is 142 Å². The molecule has 0 fully saturated rings. The van der Waals surface area contributed by atoms with Crippen LogP contribution in [0.25, 0.3) is 90.5 Å². The zero-order valence-corrected chi connectivity index (χ0v) is 65.1. The molecule has 0 N–H and O–H groups in total. The molecule has 0 spiro atoms. The number of halogens is 5. The van der Waals surface area contributed by atoms with Crippen LogP contribution < -0.4 is 4.74 Å². The first-order chi connectivity index (χ1) is 52.7. The summed E-state index contributed by atoms with van der Waals surface area (Å²) in [5.74, 6) is 10.0. The number of hydrogen-bond donors (Lipinski definition) is 0. The zero-order chi connectivity index (χ0) is 75.1. The van der Waals surface area contributed by atoms with Gasteiger partial charge in [-0.05, 0) is 182 Å². The highest BCUT2D eigenvalue weighted by Crippen LogP contribution is 2.41. The van der Waals surface area contributed by atoms with Gasteiger partial charge in [0.1, 0.15) is 46.5 Å². The van der Waals surface area contributed by atoms with Crippen molar-refractivity contribution in [2.45, 2.75) is 119 Å². The molecular weight excluding hydrogens is 1450 g/mol. The number of pyridine rings is 1. The normalized spacial score (nSPS) is 13.2. The predicted octanol–water partition coefficient (Wildman–Crippen LogP) is 21.6. The molecule has 0 saturated heterocycles. The van der Waals surface area contributed by atoms with Gasteiger partial charge in [-0.25, -0.2) is 0 Å². The van der Waals surface area contributed by atoms with Gasteiger partial charge in [0.15, 0.2) is 17.5 Å². The molecule has 544 valence electrons. The van der Waals surface area contributed by atoms with Gasteiger partial charge in [-0.2, -0.15) is 0 Å². The quantitative estimate of drug-likeness (QED) is 0.127. The average molecular weight is 1530 g/mol. The van der Waals surface area contributed by atoms with Crippen molar-refractivity contribution in [2.75, 3.05) is 7.11 Å². The van der Waals surface area contributed by atoms with E-state index in [-0.39, 0.29) is 0 Å². The van der Waals surface area contributed by atoms with E-state index in [0.717, 1.165) is 222 Å². The van der Waals surface area contributed by atoms with E-state index in [1.54, 1.807) is 19.5 Å². The highest BCUT2D eigenvalue weighted by Gasteiger charge is 2.27. The Morgan fingerprint density at radius 1 is 0.315 bits per heavy atom. The van der Waals surface area contributed by atoms with Gasteiger partial charge in [0, 0.05) is 121 Å². The molecular formula is C86H79Cl5N16O. The molecule has 0 saturated carbocycles. The van der Waals surface area contributed by atoms with E-state index in [1.165, 1.54) is 39.0 Å². The Balaban J connectivity index is 0.000000114. The second-order valence-electron chi connectivity index (χ2n) is 26.1. The highest BCUT2D eigenvalue weighted by molar-refractivity contribution is 6.32. The lowest BCUT2D eigenvalue weighted by atomic mass is 10.0. The molecule has 5 aliphatic rings. The van der Waals surface area contributed by atoms with Gasteiger partial charge < -0.3 is 4.74 Å². The molecule has 11 heterocycles. The Morgan fingerprint density at radius 3 is 1.02 bits per heavy atom. The van der Waals surface area contributed by atoms with Crippen molar-refractivity contribution in [1.82, 2.24) is 78.8 Å². The number of allylic oxidation sites excluding steroid dienone is 10. The molecule has 0 radical (unpaired) electrons. The Bertz CT molecular complexity index is 5510. The van der Waals surface area contributed by atoms with Crippen LogP contribution in [0, 0.1) is 6.92 Å². The average Bonchev–Trinajstić information content (AvgIpc) is 1.68. The monoisotopic (exact) mass is 1530 g/mol. The number of nitrogens with zero attached hydrogens (tertiary/aromatic N) is 16. The van der Waals surface area contributed by atoms with Crippen LogP contribution in [0.5, 0.6) is 5.75 Å². The van der Waals surface area contributed by atoms with Gasteiger partial charge in [-0.1, -0.05) is 172 Å². The Morgan fingerprint density at radius 2 is 0.639 bits per heavy atom. The van der Waals surface area contributed by atoms with Crippen molar-refractivity contribution < 1.29 is 4.74 Å². The summed E-state index contributed by atoms with van der Waals surface area (Å²) in [7, 11) is 1.66. The second-order valence-corrected chi connectivity index (χ2v) is 28.3. The first-order valence-corrected chi connectivity index (χ1v) is 38.3. The van der Waals surface area contributed by atoms with Crippen LogP contribution in [0.15, 0.2) is 200 Å². The second kappa shape index (κ2) is 33.2. The Hall–Kier alpha value is -10.7. The first-order valence-electron chi connectivity index (χ1n) is 36.4. The van der Waals surface area contributed by atoms with E-state index in [0.29, 0.717) is 0 Å². The fourth-order valence-electron chi connectivity index (χ4n) is 14.5. The SMILES string of the molecule is CCC1=CCc2nnc(-c3cccc(OC)c3)n2-c2ccc(Cl)cc21.CCC1=CCc2nnc(-c3ccccc3)n2-c2ccc(Cl)cc21.CCC1=CCc2nnc(-c3ccncc3)n2-c2ccc(Cl)cc21.CCC1=CCc2nnc(C)n2-c2ccc(Cl)cc21.CCC1=CCc2nnc(CC)n2-c2ccc(Cl)cc21. The van der Waals surface area contributed by atoms with Gasteiger partial charge in [0.2, 0.25) is 0 Å². The third-order valence-corrected chi connectivity index (χ3v) is 21.0. The summed E-state index contributed by atoms with van der Waals surface area (Å²) in [6.45, 7) is 14.9. The van der Waals surface area contributed by atoms with Crippen LogP contribution in [-0.2, 0) is 38.5 Å².